The molecular weight excluding hydrogens is 349 g/mol. The number of imide groups is 1. The van der Waals surface area contributed by atoms with Crippen molar-refractivity contribution in [1.82, 2.24) is 10.2 Å². The Labute approximate surface area is 150 Å². The second-order valence-electron chi connectivity index (χ2n) is 6.76. The number of nitrogens with zero attached hydrogens (tertiary/aromatic N) is 1. The van der Waals surface area contributed by atoms with E-state index in [1.165, 1.54) is 12.1 Å². The molecule has 1 unspecified atom stereocenters. The molecule has 25 heavy (non-hydrogen) atoms. The molecule has 2 rings (SSSR count). The SMILES string of the molecule is CC(C)CCC1(C)NC(=O)N(CC(=O)Nc2cc(Cl)ccc2F)C1=O. The lowest BCUT2D eigenvalue weighted by Gasteiger charge is -2.22. The number of urea groups is 1. The van der Waals surface area contributed by atoms with Crippen LogP contribution in [0.4, 0.5) is 14.9 Å². The van der Waals surface area contributed by atoms with Gasteiger partial charge in [-0.2, -0.15) is 0 Å². The lowest BCUT2D eigenvalue weighted by atomic mass is 9.92. The van der Waals surface area contributed by atoms with Gasteiger partial charge in [-0.05, 0) is 43.9 Å². The molecule has 1 heterocycles. The lowest BCUT2D eigenvalue weighted by Crippen LogP contribution is -2.44. The molecule has 1 aromatic rings. The van der Waals surface area contributed by atoms with E-state index in [2.05, 4.69) is 10.6 Å². The van der Waals surface area contributed by atoms with Crippen molar-refractivity contribution in [2.75, 3.05) is 11.9 Å². The van der Waals surface area contributed by atoms with E-state index < -0.39 is 35.7 Å². The summed E-state index contributed by atoms with van der Waals surface area (Å²) in [5.74, 6) is -1.42. The van der Waals surface area contributed by atoms with Gasteiger partial charge in [0, 0.05) is 5.02 Å². The van der Waals surface area contributed by atoms with Crippen LogP contribution in [0.2, 0.25) is 5.02 Å². The average molecular weight is 370 g/mol. The number of benzene rings is 1. The van der Waals surface area contributed by atoms with E-state index >= 15 is 0 Å². The minimum Gasteiger partial charge on any atom is -0.323 e. The van der Waals surface area contributed by atoms with Crippen LogP contribution < -0.4 is 10.6 Å². The first-order valence-electron chi connectivity index (χ1n) is 8.01. The molecule has 0 aromatic heterocycles. The molecule has 1 atom stereocenters. The number of anilines is 1. The van der Waals surface area contributed by atoms with Crippen LogP contribution in [0.25, 0.3) is 0 Å². The molecule has 8 heteroatoms. The Morgan fingerprint density at radius 2 is 2.08 bits per heavy atom. The molecule has 0 radical (unpaired) electrons. The number of hydrogen-bond acceptors (Lipinski definition) is 3. The largest absolute Gasteiger partial charge is 0.325 e. The van der Waals surface area contributed by atoms with Crippen molar-refractivity contribution in [2.24, 2.45) is 5.92 Å². The van der Waals surface area contributed by atoms with Crippen LogP contribution in [0.5, 0.6) is 0 Å². The second kappa shape index (κ2) is 7.39. The number of carbonyl (C=O) groups excluding carboxylic acids is 3. The molecule has 1 aromatic carbocycles. The van der Waals surface area contributed by atoms with E-state index in [1.54, 1.807) is 6.92 Å². The third-order valence-electron chi connectivity index (χ3n) is 4.07. The van der Waals surface area contributed by atoms with Gasteiger partial charge < -0.3 is 10.6 Å². The second-order valence-corrected chi connectivity index (χ2v) is 7.19. The molecule has 1 aliphatic heterocycles. The summed E-state index contributed by atoms with van der Waals surface area (Å²) in [7, 11) is 0. The zero-order chi connectivity index (χ0) is 18.8. The first kappa shape index (κ1) is 19.2. The number of halogens is 2. The van der Waals surface area contributed by atoms with Gasteiger partial charge in [0.2, 0.25) is 5.91 Å². The normalized spacial score (nSPS) is 20.2. The summed E-state index contributed by atoms with van der Waals surface area (Å²) in [6, 6.07) is 3.10. The smallest absolute Gasteiger partial charge is 0.323 e. The molecule has 4 amide bonds. The van der Waals surface area contributed by atoms with Crippen LogP contribution in [0.15, 0.2) is 18.2 Å². The van der Waals surface area contributed by atoms with Gasteiger partial charge in [-0.3, -0.25) is 14.5 Å². The van der Waals surface area contributed by atoms with Crippen LogP contribution >= 0.6 is 11.6 Å². The Morgan fingerprint density at radius 1 is 1.40 bits per heavy atom. The van der Waals surface area contributed by atoms with Gasteiger partial charge in [-0.1, -0.05) is 25.4 Å². The van der Waals surface area contributed by atoms with E-state index in [9.17, 15) is 18.8 Å². The molecule has 2 N–H and O–H groups in total. The minimum atomic E-state index is -1.02. The Bertz CT molecular complexity index is 710. The molecule has 0 saturated carbocycles. The predicted molar refractivity (Wildman–Crippen MR) is 92.8 cm³/mol. The average Bonchev–Trinajstić information content (AvgIpc) is 2.73. The monoisotopic (exact) mass is 369 g/mol. The van der Waals surface area contributed by atoms with E-state index in [-0.39, 0.29) is 10.7 Å². The van der Waals surface area contributed by atoms with Crippen LogP contribution in [0.3, 0.4) is 0 Å². The molecule has 0 bridgehead atoms. The first-order valence-corrected chi connectivity index (χ1v) is 8.39. The van der Waals surface area contributed by atoms with Crippen molar-refractivity contribution >= 4 is 35.1 Å². The number of amides is 4. The van der Waals surface area contributed by atoms with Gasteiger partial charge in [0.15, 0.2) is 0 Å². The fraction of sp³-hybridized carbons (Fsp3) is 0.471. The molecule has 0 spiro atoms. The van der Waals surface area contributed by atoms with E-state index in [4.69, 9.17) is 11.6 Å². The number of rotatable bonds is 6. The van der Waals surface area contributed by atoms with Gasteiger partial charge >= 0.3 is 6.03 Å². The zero-order valence-corrected chi connectivity index (χ0v) is 15.1. The van der Waals surface area contributed by atoms with E-state index in [0.717, 1.165) is 17.4 Å². The molecule has 0 aliphatic carbocycles. The summed E-state index contributed by atoms with van der Waals surface area (Å²) in [5, 5.41) is 5.22. The molecule has 1 fully saturated rings. The van der Waals surface area contributed by atoms with E-state index in [1.807, 2.05) is 13.8 Å². The van der Waals surface area contributed by atoms with Crippen molar-refractivity contribution in [3.05, 3.63) is 29.0 Å². The standard InChI is InChI=1S/C17H21ClFN3O3/c1-10(2)6-7-17(3)15(24)22(16(25)21-17)9-14(23)20-13-8-11(18)4-5-12(13)19/h4-5,8,10H,6-7,9H2,1-3H3,(H,20,23)(H,21,25). The fourth-order valence-corrected chi connectivity index (χ4v) is 2.74. The minimum absolute atomic E-state index is 0.105. The summed E-state index contributed by atoms with van der Waals surface area (Å²) >= 11 is 5.77. The molecule has 6 nitrogen and oxygen atoms in total. The number of carbonyl (C=O) groups is 3. The van der Waals surface area contributed by atoms with Crippen LogP contribution in [-0.2, 0) is 9.59 Å². The van der Waals surface area contributed by atoms with E-state index in [0.29, 0.717) is 12.3 Å². The Balaban J connectivity index is 2.04. The number of hydrogen-bond donors (Lipinski definition) is 2. The Hall–Kier alpha value is -2.15. The molecule has 136 valence electrons. The Kier molecular flexibility index (Phi) is 5.67. The fourth-order valence-electron chi connectivity index (χ4n) is 2.56. The third kappa shape index (κ3) is 4.48. The number of nitrogens with one attached hydrogen (secondary N) is 2. The third-order valence-corrected chi connectivity index (χ3v) is 4.31. The van der Waals surface area contributed by atoms with Crippen molar-refractivity contribution in [2.45, 2.75) is 39.2 Å². The topological polar surface area (TPSA) is 78.5 Å². The van der Waals surface area contributed by atoms with Gasteiger partial charge in [0.25, 0.3) is 5.91 Å². The first-order chi connectivity index (χ1) is 11.6. The summed E-state index contributed by atoms with van der Waals surface area (Å²) < 4.78 is 13.7. The van der Waals surface area contributed by atoms with Gasteiger partial charge in [0.1, 0.15) is 17.9 Å². The highest BCUT2D eigenvalue weighted by Crippen LogP contribution is 2.25. The maximum absolute atomic E-state index is 13.7. The highest BCUT2D eigenvalue weighted by Gasteiger charge is 2.47. The lowest BCUT2D eigenvalue weighted by molar-refractivity contribution is -0.133. The zero-order valence-electron chi connectivity index (χ0n) is 14.4. The quantitative estimate of drug-likeness (QED) is 0.756. The predicted octanol–water partition coefficient (Wildman–Crippen LogP) is 3.16. The van der Waals surface area contributed by atoms with Crippen LogP contribution in [0.1, 0.15) is 33.6 Å². The highest BCUT2D eigenvalue weighted by molar-refractivity contribution is 6.30. The van der Waals surface area contributed by atoms with Gasteiger partial charge in [-0.25, -0.2) is 9.18 Å². The van der Waals surface area contributed by atoms with Crippen LogP contribution in [-0.4, -0.2) is 34.8 Å². The summed E-state index contributed by atoms with van der Waals surface area (Å²) in [4.78, 5) is 37.6. The van der Waals surface area contributed by atoms with Crippen molar-refractivity contribution in [1.29, 1.82) is 0 Å². The summed E-state index contributed by atoms with van der Waals surface area (Å²) in [6.45, 7) is 5.20. The summed E-state index contributed by atoms with van der Waals surface area (Å²) in [5.41, 5.74) is -1.13. The summed E-state index contributed by atoms with van der Waals surface area (Å²) in [6.07, 6.45) is 1.24. The molecule has 1 aliphatic rings. The molecule has 1 saturated heterocycles. The molecular formula is C17H21ClFN3O3. The van der Waals surface area contributed by atoms with Crippen LogP contribution in [0, 0.1) is 11.7 Å². The van der Waals surface area contributed by atoms with Gasteiger partial charge in [0.05, 0.1) is 5.69 Å². The van der Waals surface area contributed by atoms with Crippen molar-refractivity contribution < 1.29 is 18.8 Å². The van der Waals surface area contributed by atoms with Gasteiger partial charge in [-0.15, -0.1) is 0 Å². The maximum atomic E-state index is 13.7. The van der Waals surface area contributed by atoms with Crippen molar-refractivity contribution in [3.63, 3.8) is 0 Å². The van der Waals surface area contributed by atoms with Crippen molar-refractivity contribution in [3.8, 4) is 0 Å². The highest BCUT2D eigenvalue weighted by atomic mass is 35.5. The Morgan fingerprint density at radius 3 is 2.72 bits per heavy atom. The maximum Gasteiger partial charge on any atom is 0.325 e.